The van der Waals surface area contributed by atoms with Crippen LogP contribution < -0.4 is 4.90 Å². The molecule has 0 atom stereocenters. The third kappa shape index (κ3) is 1.64. The Balaban J connectivity index is 2.20. The maximum Gasteiger partial charge on any atom is 0.234 e. The zero-order valence-electron chi connectivity index (χ0n) is 7.64. The van der Waals surface area contributed by atoms with Crippen molar-refractivity contribution in [3.63, 3.8) is 0 Å². The number of aromatic nitrogens is 1. The Bertz CT molecular complexity index is 362. The normalized spacial score (nSPS) is 17.3. The first kappa shape index (κ1) is 8.87. The van der Waals surface area contributed by atoms with Crippen LogP contribution in [-0.4, -0.2) is 23.2 Å². The van der Waals surface area contributed by atoms with E-state index in [2.05, 4.69) is 4.98 Å². The van der Waals surface area contributed by atoms with Gasteiger partial charge in [-0.25, -0.2) is 0 Å². The van der Waals surface area contributed by atoms with E-state index in [0.717, 1.165) is 5.69 Å². The van der Waals surface area contributed by atoms with Gasteiger partial charge >= 0.3 is 0 Å². The average Bonchev–Trinajstić information content (AvgIpc) is 2.19. The molecule has 14 heavy (non-hydrogen) atoms. The lowest BCUT2D eigenvalue weighted by atomic mass is 10.1. The van der Waals surface area contributed by atoms with Gasteiger partial charge in [-0.15, -0.1) is 0 Å². The molecule has 4 heteroatoms. The lowest BCUT2D eigenvalue weighted by Gasteiger charge is -2.25. The molecule has 0 aliphatic carbocycles. The quantitative estimate of drug-likeness (QED) is 0.615. The van der Waals surface area contributed by atoms with E-state index >= 15 is 0 Å². The molecule has 1 aromatic heterocycles. The minimum absolute atomic E-state index is 0.0281. The minimum Gasteiger partial charge on any atom is -0.311 e. The van der Waals surface area contributed by atoms with E-state index in [1.54, 1.807) is 29.4 Å². The Labute approximate surface area is 81.6 Å². The molecule has 4 nitrogen and oxygen atoms in total. The molecule has 1 aliphatic heterocycles. The summed E-state index contributed by atoms with van der Waals surface area (Å²) in [6.07, 6.45) is 3.76. The lowest BCUT2D eigenvalue weighted by molar-refractivity contribution is -0.128. The third-order valence-corrected chi connectivity index (χ3v) is 2.24. The van der Waals surface area contributed by atoms with Gasteiger partial charge in [0.05, 0.1) is 6.42 Å². The summed E-state index contributed by atoms with van der Waals surface area (Å²) in [5.74, 6) is -0.0900. The van der Waals surface area contributed by atoms with Crippen molar-refractivity contribution < 1.29 is 9.59 Å². The van der Waals surface area contributed by atoms with Crippen molar-refractivity contribution in [1.29, 1.82) is 0 Å². The molecular formula is C10H10N2O2. The van der Waals surface area contributed by atoms with Gasteiger partial charge < -0.3 is 4.90 Å². The van der Waals surface area contributed by atoms with Crippen LogP contribution in [0.2, 0.25) is 0 Å². The summed E-state index contributed by atoms with van der Waals surface area (Å²) in [7, 11) is 0. The molecular weight excluding hydrogens is 180 g/mol. The fraction of sp³-hybridized carbons (Fsp3) is 0.300. The van der Waals surface area contributed by atoms with Crippen LogP contribution in [0.25, 0.3) is 0 Å². The van der Waals surface area contributed by atoms with Crippen molar-refractivity contribution in [3.05, 3.63) is 24.5 Å². The highest BCUT2D eigenvalue weighted by molar-refractivity contribution is 6.08. The predicted molar refractivity (Wildman–Crippen MR) is 50.8 cm³/mol. The molecule has 0 N–H and O–H groups in total. The first-order valence-corrected chi connectivity index (χ1v) is 4.49. The average molecular weight is 190 g/mol. The Morgan fingerprint density at radius 1 is 1.21 bits per heavy atom. The number of Topliss-reactive ketones (excluding diaryl/α,β-unsaturated/α-hetero) is 1. The highest BCUT2D eigenvalue weighted by atomic mass is 16.2. The number of nitrogens with zero attached hydrogens (tertiary/aromatic N) is 2. The minimum atomic E-state index is -0.118. The smallest absolute Gasteiger partial charge is 0.234 e. The molecule has 1 fully saturated rings. The SMILES string of the molecule is O=C1CCN(c2ccncc2)C(=O)C1. The molecule has 1 aliphatic rings. The molecule has 0 bridgehead atoms. The Morgan fingerprint density at radius 3 is 2.57 bits per heavy atom. The number of piperidine rings is 1. The number of ketones is 1. The van der Waals surface area contributed by atoms with Crippen molar-refractivity contribution in [3.8, 4) is 0 Å². The summed E-state index contributed by atoms with van der Waals surface area (Å²) >= 11 is 0. The number of pyridine rings is 1. The lowest BCUT2D eigenvalue weighted by Crippen LogP contribution is -2.38. The van der Waals surface area contributed by atoms with Crippen LogP contribution in [0.3, 0.4) is 0 Å². The van der Waals surface area contributed by atoms with Gasteiger partial charge in [-0.3, -0.25) is 14.6 Å². The first-order chi connectivity index (χ1) is 6.77. The number of hydrogen-bond donors (Lipinski definition) is 0. The summed E-state index contributed by atoms with van der Waals surface area (Å²) in [6, 6.07) is 3.54. The zero-order valence-corrected chi connectivity index (χ0v) is 7.64. The second-order valence-corrected chi connectivity index (χ2v) is 3.22. The van der Waals surface area contributed by atoms with Crippen molar-refractivity contribution in [2.45, 2.75) is 12.8 Å². The molecule has 0 unspecified atom stereocenters. The second kappa shape index (κ2) is 3.57. The molecule has 2 heterocycles. The van der Waals surface area contributed by atoms with Crippen molar-refractivity contribution in [2.24, 2.45) is 0 Å². The topological polar surface area (TPSA) is 50.3 Å². The van der Waals surface area contributed by atoms with E-state index in [1.165, 1.54) is 0 Å². The summed E-state index contributed by atoms with van der Waals surface area (Å²) in [4.78, 5) is 28.0. The first-order valence-electron chi connectivity index (χ1n) is 4.49. The number of rotatable bonds is 1. The van der Waals surface area contributed by atoms with Gasteiger partial charge in [0.1, 0.15) is 5.78 Å². The van der Waals surface area contributed by atoms with E-state index in [9.17, 15) is 9.59 Å². The van der Waals surface area contributed by atoms with Crippen LogP contribution in [0.4, 0.5) is 5.69 Å². The van der Waals surface area contributed by atoms with Gasteiger partial charge in [-0.2, -0.15) is 0 Å². The second-order valence-electron chi connectivity index (χ2n) is 3.22. The molecule has 1 aromatic rings. The fourth-order valence-electron chi connectivity index (χ4n) is 1.51. The highest BCUT2D eigenvalue weighted by Crippen LogP contribution is 2.17. The van der Waals surface area contributed by atoms with Gasteiger partial charge in [0, 0.05) is 31.0 Å². The fourth-order valence-corrected chi connectivity index (χ4v) is 1.51. The Morgan fingerprint density at radius 2 is 1.93 bits per heavy atom. The summed E-state index contributed by atoms with van der Waals surface area (Å²) in [5, 5.41) is 0. The van der Waals surface area contributed by atoms with E-state index in [4.69, 9.17) is 0 Å². The molecule has 2 rings (SSSR count). The van der Waals surface area contributed by atoms with Gasteiger partial charge in [0.25, 0.3) is 0 Å². The zero-order chi connectivity index (χ0) is 9.97. The van der Waals surface area contributed by atoms with E-state index in [1.807, 2.05) is 0 Å². The molecule has 1 saturated heterocycles. The largest absolute Gasteiger partial charge is 0.311 e. The van der Waals surface area contributed by atoms with Crippen LogP contribution >= 0.6 is 0 Å². The maximum atomic E-state index is 11.5. The molecule has 72 valence electrons. The van der Waals surface area contributed by atoms with E-state index in [0.29, 0.717) is 13.0 Å². The maximum absolute atomic E-state index is 11.5. The van der Waals surface area contributed by atoms with Crippen molar-refractivity contribution >= 4 is 17.4 Å². The molecule has 0 radical (unpaired) electrons. The van der Waals surface area contributed by atoms with Crippen LogP contribution in [0, 0.1) is 0 Å². The van der Waals surface area contributed by atoms with E-state index in [-0.39, 0.29) is 18.1 Å². The van der Waals surface area contributed by atoms with E-state index < -0.39 is 0 Å². The monoisotopic (exact) mass is 190 g/mol. The van der Waals surface area contributed by atoms with Gasteiger partial charge in [0.15, 0.2) is 0 Å². The number of hydrogen-bond acceptors (Lipinski definition) is 3. The molecule has 0 aromatic carbocycles. The third-order valence-electron chi connectivity index (χ3n) is 2.24. The predicted octanol–water partition coefficient (Wildman–Crippen LogP) is 0.777. The van der Waals surface area contributed by atoms with Crippen LogP contribution in [0.1, 0.15) is 12.8 Å². The van der Waals surface area contributed by atoms with Crippen LogP contribution in [-0.2, 0) is 9.59 Å². The van der Waals surface area contributed by atoms with Crippen LogP contribution in [0.5, 0.6) is 0 Å². The molecule has 0 saturated carbocycles. The van der Waals surface area contributed by atoms with Crippen molar-refractivity contribution in [2.75, 3.05) is 11.4 Å². The standard InChI is InChI=1S/C10H10N2O2/c13-9-3-6-12(10(14)7-9)8-1-4-11-5-2-8/h1-2,4-5H,3,6-7H2. The van der Waals surface area contributed by atoms with Gasteiger partial charge in [0.2, 0.25) is 5.91 Å². The number of amides is 1. The van der Waals surface area contributed by atoms with Gasteiger partial charge in [-0.1, -0.05) is 0 Å². The number of anilines is 1. The summed E-state index contributed by atoms with van der Waals surface area (Å²) in [6.45, 7) is 0.488. The van der Waals surface area contributed by atoms with Crippen molar-refractivity contribution in [1.82, 2.24) is 4.98 Å². The van der Waals surface area contributed by atoms with Gasteiger partial charge in [-0.05, 0) is 12.1 Å². The number of carbonyl (C=O) groups excluding carboxylic acids is 2. The summed E-state index contributed by atoms with van der Waals surface area (Å²) < 4.78 is 0. The highest BCUT2D eigenvalue weighted by Gasteiger charge is 2.24. The molecule has 1 amide bonds. The Kier molecular flexibility index (Phi) is 2.26. The summed E-state index contributed by atoms with van der Waals surface area (Å²) in [5.41, 5.74) is 0.817. The Hall–Kier alpha value is -1.71. The van der Waals surface area contributed by atoms with Crippen LogP contribution in [0.15, 0.2) is 24.5 Å². The number of carbonyl (C=O) groups is 2. The molecule has 0 spiro atoms.